The molecule has 0 fully saturated rings. The van der Waals surface area contributed by atoms with E-state index in [-0.39, 0.29) is 5.56 Å². The quantitative estimate of drug-likeness (QED) is 0.916. The summed E-state index contributed by atoms with van der Waals surface area (Å²) in [6, 6.07) is 0. The lowest BCUT2D eigenvalue weighted by atomic mass is 10.1. The van der Waals surface area contributed by atoms with E-state index in [1.54, 1.807) is 0 Å². The SMILES string of the molecule is CCCc1nc(CC(C)C)[nH]c(=O)c1Br. The fourth-order valence-electron chi connectivity index (χ4n) is 1.44. The maximum absolute atomic E-state index is 11.6. The highest BCUT2D eigenvalue weighted by Gasteiger charge is 2.08. The van der Waals surface area contributed by atoms with Crippen molar-refractivity contribution in [2.75, 3.05) is 0 Å². The van der Waals surface area contributed by atoms with Gasteiger partial charge in [-0.25, -0.2) is 4.98 Å². The van der Waals surface area contributed by atoms with E-state index in [9.17, 15) is 4.79 Å². The summed E-state index contributed by atoms with van der Waals surface area (Å²) in [5.41, 5.74) is 0.806. The highest BCUT2D eigenvalue weighted by molar-refractivity contribution is 9.10. The van der Waals surface area contributed by atoms with E-state index < -0.39 is 0 Å². The predicted octanol–water partition coefficient (Wildman–Crippen LogP) is 2.68. The van der Waals surface area contributed by atoms with Crippen molar-refractivity contribution in [3.63, 3.8) is 0 Å². The Morgan fingerprint density at radius 2 is 2.13 bits per heavy atom. The summed E-state index contributed by atoms with van der Waals surface area (Å²) in [7, 11) is 0. The fraction of sp³-hybridized carbons (Fsp3) is 0.636. The largest absolute Gasteiger partial charge is 0.310 e. The lowest BCUT2D eigenvalue weighted by molar-refractivity contribution is 0.613. The Bertz CT molecular complexity index is 385. The Balaban J connectivity index is 3.06. The molecule has 1 aromatic heterocycles. The zero-order valence-electron chi connectivity index (χ0n) is 9.43. The Labute approximate surface area is 98.5 Å². The second kappa shape index (κ2) is 5.45. The molecule has 1 N–H and O–H groups in total. The van der Waals surface area contributed by atoms with Gasteiger partial charge in [0, 0.05) is 6.42 Å². The predicted molar refractivity (Wildman–Crippen MR) is 65.1 cm³/mol. The number of H-pyrrole nitrogens is 1. The van der Waals surface area contributed by atoms with E-state index in [4.69, 9.17) is 0 Å². The third kappa shape index (κ3) is 3.45. The van der Waals surface area contributed by atoms with Crippen LogP contribution < -0.4 is 5.56 Å². The Kier molecular flexibility index (Phi) is 4.51. The van der Waals surface area contributed by atoms with Crippen molar-refractivity contribution in [1.29, 1.82) is 0 Å². The van der Waals surface area contributed by atoms with Crippen LogP contribution in [0.3, 0.4) is 0 Å². The van der Waals surface area contributed by atoms with Crippen LogP contribution in [0.1, 0.15) is 38.7 Å². The van der Waals surface area contributed by atoms with Gasteiger partial charge in [-0.15, -0.1) is 0 Å². The molecule has 0 aliphatic heterocycles. The van der Waals surface area contributed by atoms with Crippen LogP contribution in [0.2, 0.25) is 0 Å². The van der Waals surface area contributed by atoms with Crippen LogP contribution in [0.4, 0.5) is 0 Å². The fourth-order valence-corrected chi connectivity index (χ4v) is 1.83. The number of hydrogen-bond donors (Lipinski definition) is 1. The molecule has 0 saturated carbocycles. The first-order chi connectivity index (χ1) is 7.04. The number of nitrogens with one attached hydrogen (secondary N) is 1. The Hall–Kier alpha value is -0.640. The summed E-state index contributed by atoms with van der Waals surface area (Å²) in [4.78, 5) is 18.8. The molecule has 0 aromatic carbocycles. The summed E-state index contributed by atoms with van der Waals surface area (Å²) in [5, 5.41) is 0. The molecule has 15 heavy (non-hydrogen) atoms. The Morgan fingerprint density at radius 1 is 1.47 bits per heavy atom. The molecule has 1 rings (SSSR count). The molecule has 3 nitrogen and oxygen atoms in total. The van der Waals surface area contributed by atoms with Gasteiger partial charge in [-0.2, -0.15) is 0 Å². The molecule has 0 radical (unpaired) electrons. The molecular formula is C11H17BrN2O. The van der Waals surface area contributed by atoms with Gasteiger partial charge in [0.05, 0.1) is 5.69 Å². The molecule has 1 aromatic rings. The zero-order chi connectivity index (χ0) is 11.4. The lowest BCUT2D eigenvalue weighted by Crippen LogP contribution is -2.16. The normalized spacial score (nSPS) is 11.0. The first-order valence-corrected chi connectivity index (χ1v) is 6.11. The third-order valence-electron chi connectivity index (χ3n) is 2.07. The summed E-state index contributed by atoms with van der Waals surface area (Å²) in [5.74, 6) is 1.30. The first-order valence-electron chi connectivity index (χ1n) is 5.32. The van der Waals surface area contributed by atoms with Gasteiger partial charge in [-0.3, -0.25) is 4.79 Å². The Morgan fingerprint density at radius 3 is 2.67 bits per heavy atom. The maximum Gasteiger partial charge on any atom is 0.265 e. The minimum atomic E-state index is -0.0656. The van der Waals surface area contributed by atoms with Crippen molar-refractivity contribution < 1.29 is 0 Å². The van der Waals surface area contributed by atoms with Crippen LogP contribution in [0.5, 0.6) is 0 Å². The molecular weight excluding hydrogens is 256 g/mol. The molecule has 0 aliphatic rings. The van der Waals surface area contributed by atoms with Crippen molar-refractivity contribution in [2.24, 2.45) is 5.92 Å². The molecule has 0 amide bonds. The number of hydrogen-bond acceptors (Lipinski definition) is 2. The smallest absolute Gasteiger partial charge is 0.265 e. The first kappa shape index (κ1) is 12.4. The van der Waals surface area contributed by atoms with Gasteiger partial charge in [-0.05, 0) is 28.3 Å². The molecule has 4 heteroatoms. The number of rotatable bonds is 4. The van der Waals surface area contributed by atoms with Crippen LogP contribution in [-0.4, -0.2) is 9.97 Å². The second-order valence-corrected chi connectivity index (χ2v) is 4.91. The van der Waals surface area contributed by atoms with E-state index in [1.165, 1.54) is 0 Å². The summed E-state index contributed by atoms with van der Waals surface area (Å²) in [6.07, 6.45) is 2.66. The van der Waals surface area contributed by atoms with Gasteiger partial charge >= 0.3 is 0 Å². The monoisotopic (exact) mass is 272 g/mol. The van der Waals surface area contributed by atoms with Gasteiger partial charge in [0.25, 0.3) is 5.56 Å². The molecule has 0 spiro atoms. The van der Waals surface area contributed by atoms with E-state index in [1.807, 2.05) is 0 Å². The minimum Gasteiger partial charge on any atom is -0.310 e. The number of aryl methyl sites for hydroxylation is 1. The lowest BCUT2D eigenvalue weighted by Gasteiger charge is -2.07. The van der Waals surface area contributed by atoms with Crippen LogP contribution in [0.25, 0.3) is 0 Å². The van der Waals surface area contributed by atoms with E-state index >= 15 is 0 Å². The standard InChI is InChI=1S/C11H17BrN2O/c1-4-5-8-10(12)11(15)14-9(13-8)6-7(2)3/h7H,4-6H2,1-3H3,(H,13,14,15). The van der Waals surface area contributed by atoms with Gasteiger partial charge in [0.1, 0.15) is 10.3 Å². The number of halogens is 1. The van der Waals surface area contributed by atoms with Crippen molar-refractivity contribution in [3.05, 3.63) is 26.3 Å². The molecule has 0 aliphatic carbocycles. The van der Waals surface area contributed by atoms with Crippen LogP contribution in [0, 0.1) is 5.92 Å². The average Bonchev–Trinajstić information content (AvgIpc) is 2.12. The molecule has 0 unspecified atom stereocenters. The average molecular weight is 273 g/mol. The maximum atomic E-state index is 11.6. The molecule has 0 saturated heterocycles. The molecule has 0 atom stereocenters. The highest BCUT2D eigenvalue weighted by atomic mass is 79.9. The summed E-state index contributed by atoms with van der Waals surface area (Å²) < 4.78 is 0.580. The van der Waals surface area contributed by atoms with Crippen molar-refractivity contribution in [3.8, 4) is 0 Å². The van der Waals surface area contributed by atoms with Crippen molar-refractivity contribution in [1.82, 2.24) is 9.97 Å². The van der Waals surface area contributed by atoms with Crippen molar-refractivity contribution >= 4 is 15.9 Å². The van der Waals surface area contributed by atoms with Gasteiger partial charge < -0.3 is 4.98 Å². The molecule has 1 heterocycles. The van der Waals surface area contributed by atoms with Crippen LogP contribution in [0.15, 0.2) is 9.27 Å². The summed E-state index contributed by atoms with van der Waals surface area (Å²) >= 11 is 3.28. The van der Waals surface area contributed by atoms with Gasteiger partial charge in [-0.1, -0.05) is 27.2 Å². The highest BCUT2D eigenvalue weighted by Crippen LogP contribution is 2.12. The number of aromatic amines is 1. The van der Waals surface area contributed by atoms with Crippen LogP contribution >= 0.6 is 15.9 Å². The van der Waals surface area contributed by atoms with Gasteiger partial charge in [0.2, 0.25) is 0 Å². The number of nitrogens with zero attached hydrogens (tertiary/aromatic N) is 1. The van der Waals surface area contributed by atoms with E-state index in [0.717, 1.165) is 30.8 Å². The topological polar surface area (TPSA) is 45.8 Å². The molecule has 84 valence electrons. The second-order valence-electron chi connectivity index (χ2n) is 4.12. The van der Waals surface area contributed by atoms with E-state index in [0.29, 0.717) is 10.4 Å². The van der Waals surface area contributed by atoms with Crippen molar-refractivity contribution in [2.45, 2.75) is 40.0 Å². The van der Waals surface area contributed by atoms with E-state index in [2.05, 4.69) is 46.7 Å². The summed E-state index contributed by atoms with van der Waals surface area (Å²) in [6.45, 7) is 6.31. The number of aromatic nitrogens is 2. The minimum absolute atomic E-state index is 0.0656. The zero-order valence-corrected chi connectivity index (χ0v) is 11.0. The van der Waals surface area contributed by atoms with Crippen LogP contribution in [-0.2, 0) is 12.8 Å². The third-order valence-corrected chi connectivity index (χ3v) is 2.89. The molecule has 0 bridgehead atoms. The van der Waals surface area contributed by atoms with Gasteiger partial charge in [0.15, 0.2) is 0 Å².